The van der Waals surface area contributed by atoms with E-state index in [2.05, 4.69) is 10.1 Å². The average Bonchev–Trinajstić information content (AvgIpc) is 2.27. The molecule has 0 saturated heterocycles. The summed E-state index contributed by atoms with van der Waals surface area (Å²) >= 11 is 0. The highest BCUT2D eigenvalue weighted by Gasteiger charge is 2.16. The van der Waals surface area contributed by atoms with Crippen LogP contribution in [0, 0.1) is 6.92 Å². The number of carbonyl (C=O) groups is 2. The Hall–Kier alpha value is -2.04. The minimum atomic E-state index is -0.539. The molecule has 0 aromatic heterocycles. The van der Waals surface area contributed by atoms with Crippen molar-refractivity contribution in [3.05, 3.63) is 28.8 Å². The van der Waals surface area contributed by atoms with Crippen molar-refractivity contribution in [2.24, 2.45) is 0 Å². The van der Waals surface area contributed by atoms with Crippen LogP contribution in [0.1, 0.15) is 26.3 Å². The molecule has 0 atom stereocenters. The predicted octanol–water partition coefficient (Wildman–Crippen LogP) is 0.847. The Labute approximate surface area is 93.0 Å². The molecular weight excluding hydrogens is 210 g/mol. The van der Waals surface area contributed by atoms with Gasteiger partial charge in [-0.05, 0) is 24.6 Å². The van der Waals surface area contributed by atoms with Crippen LogP contribution in [0.4, 0.5) is 0 Å². The summed E-state index contributed by atoms with van der Waals surface area (Å²) in [6.07, 6.45) is 0. The molecule has 0 heterocycles. The smallest absolute Gasteiger partial charge is 0.338 e. The summed E-state index contributed by atoms with van der Waals surface area (Å²) in [7, 11) is 2.70. The number of carbonyl (C=O) groups excluding carboxylic acids is 2. The second kappa shape index (κ2) is 4.65. The molecule has 1 amide bonds. The number of aromatic hydroxyl groups is 1. The quantitative estimate of drug-likeness (QED) is 0.729. The molecule has 5 heteroatoms. The SMILES string of the molecule is CNC(=O)c1cc(C(=O)OC)c(C)cc1O. The molecule has 0 aliphatic heterocycles. The Balaban J connectivity index is 3.32. The van der Waals surface area contributed by atoms with Gasteiger partial charge < -0.3 is 15.2 Å². The van der Waals surface area contributed by atoms with E-state index in [9.17, 15) is 14.7 Å². The molecule has 0 unspecified atom stereocenters. The van der Waals surface area contributed by atoms with Crippen LogP contribution in [0.25, 0.3) is 0 Å². The molecule has 1 rings (SSSR count). The van der Waals surface area contributed by atoms with Crippen molar-refractivity contribution in [3.8, 4) is 5.75 Å². The number of rotatable bonds is 2. The molecule has 2 N–H and O–H groups in total. The van der Waals surface area contributed by atoms with Gasteiger partial charge in [0.1, 0.15) is 5.75 Å². The number of amides is 1. The van der Waals surface area contributed by atoms with Gasteiger partial charge in [0.25, 0.3) is 5.91 Å². The van der Waals surface area contributed by atoms with Gasteiger partial charge in [-0.1, -0.05) is 0 Å². The zero-order chi connectivity index (χ0) is 12.3. The summed E-state index contributed by atoms with van der Waals surface area (Å²) in [5, 5.41) is 11.9. The molecule has 5 nitrogen and oxygen atoms in total. The Bertz CT molecular complexity index is 403. The van der Waals surface area contributed by atoms with Gasteiger partial charge in [-0.2, -0.15) is 0 Å². The van der Waals surface area contributed by atoms with Crippen LogP contribution >= 0.6 is 0 Å². The predicted molar refractivity (Wildman–Crippen MR) is 57.6 cm³/mol. The number of hydrogen-bond acceptors (Lipinski definition) is 4. The molecular formula is C11H13NO4. The number of hydrogen-bond donors (Lipinski definition) is 2. The monoisotopic (exact) mass is 223 g/mol. The molecule has 16 heavy (non-hydrogen) atoms. The third kappa shape index (κ3) is 2.13. The molecule has 0 spiro atoms. The lowest BCUT2D eigenvalue weighted by atomic mass is 10.0. The van der Waals surface area contributed by atoms with Crippen molar-refractivity contribution in [2.75, 3.05) is 14.2 Å². The molecule has 0 aliphatic rings. The Morgan fingerprint density at radius 1 is 1.31 bits per heavy atom. The highest BCUT2D eigenvalue weighted by molar-refractivity contribution is 6.00. The van der Waals surface area contributed by atoms with Gasteiger partial charge in [-0.3, -0.25) is 4.79 Å². The Kier molecular flexibility index (Phi) is 3.50. The second-order valence-electron chi connectivity index (χ2n) is 3.25. The number of benzene rings is 1. The van der Waals surface area contributed by atoms with E-state index in [1.54, 1.807) is 6.92 Å². The number of esters is 1. The van der Waals surface area contributed by atoms with Gasteiger partial charge in [0.2, 0.25) is 0 Å². The maximum atomic E-state index is 11.4. The van der Waals surface area contributed by atoms with E-state index in [1.807, 2.05) is 0 Å². The average molecular weight is 223 g/mol. The van der Waals surface area contributed by atoms with Gasteiger partial charge >= 0.3 is 5.97 Å². The zero-order valence-electron chi connectivity index (χ0n) is 9.33. The third-order valence-electron chi connectivity index (χ3n) is 2.22. The molecule has 0 fully saturated rings. The normalized spacial score (nSPS) is 9.69. The molecule has 1 aromatic rings. The van der Waals surface area contributed by atoms with Crippen molar-refractivity contribution in [1.29, 1.82) is 0 Å². The number of ether oxygens (including phenoxy) is 1. The van der Waals surface area contributed by atoms with Gasteiger partial charge in [-0.15, -0.1) is 0 Å². The highest BCUT2D eigenvalue weighted by Crippen LogP contribution is 2.22. The summed E-state index contributed by atoms with van der Waals surface area (Å²) < 4.78 is 4.57. The topological polar surface area (TPSA) is 75.6 Å². The van der Waals surface area contributed by atoms with Crippen LogP contribution in [-0.4, -0.2) is 31.1 Å². The van der Waals surface area contributed by atoms with Crippen LogP contribution in [0.5, 0.6) is 5.75 Å². The number of aryl methyl sites for hydroxylation is 1. The van der Waals surface area contributed by atoms with Crippen molar-refractivity contribution in [2.45, 2.75) is 6.92 Å². The van der Waals surface area contributed by atoms with Gasteiger partial charge in [0, 0.05) is 7.05 Å². The number of nitrogens with one attached hydrogen (secondary N) is 1. The fourth-order valence-electron chi connectivity index (χ4n) is 1.34. The van der Waals surface area contributed by atoms with Crippen LogP contribution in [0.2, 0.25) is 0 Å². The van der Waals surface area contributed by atoms with E-state index >= 15 is 0 Å². The summed E-state index contributed by atoms with van der Waals surface area (Å²) in [4.78, 5) is 22.8. The lowest BCUT2D eigenvalue weighted by Crippen LogP contribution is -2.19. The Morgan fingerprint density at radius 3 is 2.44 bits per heavy atom. The first-order chi connectivity index (χ1) is 7.51. The van der Waals surface area contributed by atoms with Crippen LogP contribution in [0.15, 0.2) is 12.1 Å². The summed E-state index contributed by atoms with van der Waals surface area (Å²) in [6.45, 7) is 1.65. The summed E-state index contributed by atoms with van der Waals surface area (Å²) in [5.41, 5.74) is 0.865. The van der Waals surface area contributed by atoms with E-state index in [0.717, 1.165) is 0 Å². The van der Waals surface area contributed by atoms with Gasteiger partial charge in [0.05, 0.1) is 18.2 Å². The van der Waals surface area contributed by atoms with Crippen molar-refractivity contribution >= 4 is 11.9 Å². The van der Waals surface area contributed by atoms with E-state index in [-0.39, 0.29) is 16.9 Å². The first-order valence-electron chi connectivity index (χ1n) is 4.65. The van der Waals surface area contributed by atoms with Crippen molar-refractivity contribution in [3.63, 3.8) is 0 Å². The van der Waals surface area contributed by atoms with Crippen molar-refractivity contribution in [1.82, 2.24) is 5.32 Å². The number of methoxy groups -OCH3 is 1. The van der Waals surface area contributed by atoms with Gasteiger partial charge in [-0.25, -0.2) is 4.79 Å². The van der Waals surface area contributed by atoms with Crippen LogP contribution < -0.4 is 5.32 Å². The molecule has 86 valence electrons. The molecule has 0 radical (unpaired) electrons. The maximum Gasteiger partial charge on any atom is 0.338 e. The summed E-state index contributed by atoms with van der Waals surface area (Å²) in [6, 6.07) is 2.67. The standard InChI is InChI=1S/C11H13NO4/c1-6-4-9(13)8(10(14)12-2)5-7(6)11(15)16-3/h4-5,13H,1-3H3,(H,12,14). The third-order valence-corrected chi connectivity index (χ3v) is 2.22. The first kappa shape index (κ1) is 12.0. The molecule has 0 aliphatic carbocycles. The minimum Gasteiger partial charge on any atom is -0.507 e. The fourth-order valence-corrected chi connectivity index (χ4v) is 1.34. The van der Waals surface area contributed by atoms with E-state index in [0.29, 0.717) is 5.56 Å². The van der Waals surface area contributed by atoms with Crippen molar-refractivity contribution < 1.29 is 19.4 Å². The first-order valence-corrected chi connectivity index (χ1v) is 4.65. The van der Waals surface area contributed by atoms with Crippen LogP contribution in [0.3, 0.4) is 0 Å². The molecule has 0 bridgehead atoms. The van der Waals surface area contributed by atoms with E-state index < -0.39 is 11.9 Å². The maximum absolute atomic E-state index is 11.4. The van der Waals surface area contributed by atoms with E-state index in [4.69, 9.17) is 0 Å². The van der Waals surface area contributed by atoms with Gasteiger partial charge in [0.15, 0.2) is 0 Å². The van der Waals surface area contributed by atoms with Crippen LogP contribution in [-0.2, 0) is 4.74 Å². The Morgan fingerprint density at radius 2 is 1.94 bits per heavy atom. The second-order valence-corrected chi connectivity index (χ2v) is 3.25. The summed E-state index contributed by atoms with van der Waals surface area (Å²) in [5.74, 6) is -1.16. The lowest BCUT2D eigenvalue weighted by Gasteiger charge is -2.08. The number of phenols is 1. The largest absolute Gasteiger partial charge is 0.507 e. The molecule has 0 saturated carbocycles. The fraction of sp³-hybridized carbons (Fsp3) is 0.273. The number of phenolic OH excluding ortho intramolecular Hbond substituents is 1. The zero-order valence-corrected chi connectivity index (χ0v) is 9.33. The minimum absolute atomic E-state index is 0.0495. The van der Waals surface area contributed by atoms with E-state index in [1.165, 1.54) is 26.3 Å². The molecule has 1 aromatic carbocycles. The lowest BCUT2D eigenvalue weighted by molar-refractivity contribution is 0.0600. The highest BCUT2D eigenvalue weighted by atomic mass is 16.5.